The van der Waals surface area contributed by atoms with E-state index in [0.29, 0.717) is 11.6 Å². The van der Waals surface area contributed by atoms with E-state index < -0.39 is 11.8 Å². The van der Waals surface area contributed by atoms with Crippen LogP contribution >= 0.6 is 0 Å². The van der Waals surface area contributed by atoms with Crippen molar-refractivity contribution in [2.45, 2.75) is 38.1 Å². The summed E-state index contributed by atoms with van der Waals surface area (Å²) >= 11 is 0. The Morgan fingerprint density at radius 2 is 2.00 bits per heavy atom. The summed E-state index contributed by atoms with van der Waals surface area (Å²) in [6.45, 7) is 0. The van der Waals surface area contributed by atoms with Gasteiger partial charge in [0.2, 0.25) is 0 Å². The lowest BCUT2D eigenvalue weighted by Gasteiger charge is -2.21. The largest absolute Gasteiger partial charge is 0.478 e. The SMILES string of the molecule is O=C(O)c1ccc(-c2cnn(C3CCCCC3)c2)cc1F. The Bertz CT molecular complexity index is 660. The van der Waals surface area contributed by atoms with Crippen LogP contribution in [0.25, 0.3) is 11.1 Å². The molecule has 1 aliphatic carbocycles. The number of halogens is 1. The summed E-state index contributed by atoms with van der Waals surface area (Å²) in [7, 11) is 0. The van der Waals surface area contributed by atoms with Gasteiger partial charge < -0.3 is 5.11 Å². The molecule has 0 aliphatic heterocycles. The average molecular weight is 288 g/mol. The Morgan fingerprint density at radius 3 is 2.67 bits per heavy atom. The van der Waals surface area contributed by atoms with Crippen molar-refractivity contribution < 1.29 is 14.3 Å². The highest BCUT2D eigenvalue weighted by Gasteiger charge is 2.17. The summed E-state index contributed by atoms with van der Waals surface area (Å²) in [4.78, 5) is 10.8. The quantitative estimate of drug-likeness (QED) is 0.932. The van der Waals surface area contributed by atoms with Gasteiger partial charge >= 0.3 is 5.97 Å². The Hall–Kier alpha value is -2.17. The van der Waals surface area contributed by atoms with E-state index in [-0.39, 0.29) is 5.56 Å². The first kappa shape index (κ1) is 13.8. The minimum Gasteiger partial charge on any atom is -0.478 e. The van der Waals surface area contributed by atoms with Gasteiger partial charge in [-0.2, -0.15) is 5.10 Å². The highest BCUT2D eigenvalue weighted by molar-refractivity contribution is 5.88. The first-order chi connectivity index (χ1) is 10.1. The van der Waals surface area contributed by atoms with E-state index in [4.69, 9.17) is 5.11 Å². The second-order valence-corrected chi connectivity index (χ2v) is 5.50. The molecule has 3 rings (SSSR count). The van der Waals surface area contributed by atoms with E-state index in [2.05, 4.69) is 5.10 Å². The zero-order chi connectivity index (χ0) is 14.8. The van der Waals surface area contributed by atoms with Crippen LogP contribution in [0.15, 0.2) is 30.6 Å². The van der Waals surface area contributed by atoms with Crippen LogP contribution in [0.1, 0.15) is 48.5 Å². The summed E-state index contributed by atoms with van der Waals surface area (Å²) in [6, 6.07) is 4.60. The van der Waals surface area contributed by atoms with Crippen molar-refractivity contribution in [3.8, 4) is 11.1 Å². The van der Waals surface area contributed by atoms with Crippen molar-refractivity contribution in [2.24, 2.45) is 0 Å². The fraction of sp³-hybridized carbons (Fsp3) is 0.375. The molecule has 0 amide bonds. The number of carbonyl (C=O) groups is 1. The number of hydrogen-bond acceptors (Lipinski definition) is 2. The molecule has 110 valence electrons. The third-order valence-electron chi connectivity index (χ3n) is 4.08. The molecule has 1 saturated carbocycles. The van der Waals surface area contributed by atoms with Crippen LogP contribution in [-0.2, 0) is 0 Å². The molecule has 1 aliphatic rings. The number of carboxylic acid groups (broad SMARTS) is 1. The number of carboxylic acids is 1. The molecule has 5 heteroatoms. The zero-order valence-electron chi connectivity index (χ0n) is 11.6. The molecular formula is C16H17FN2O2. The second kappa shape index (κ2) is 5.68. The lowest BCUT2D eigenvalue weighted by atomic mass is 9.96. The van der Waals surface area contributed by atoms with Gasteiger partial charge in [0.1, 0.15) is 5.82 Å². The zero-order valence-corrected chi connectivity index (χ0v) is 11.6. The molecule has 0 radical (unpaired) electrons. The van der Waals surface area contributed by atoms with Gasteiger partial charge in [0.05, 0.1) is 17.8 Å². The monoisotopic (exact) mass is 288 g/mol. The average Bonchev–Trinajstić information content (AvgIpc) is 2.97. The molecule has 1 fully saturated rings. The standard InChI is InChI=1S/C16H17FN2O2/c17-15-8-11(6-7-14(15)16(20)21)12-9-18-19(10-12)13-4-2-1-3-5-13/h6-10,13H,1-5H2,(H,20,21). The number of nitrogens with zero attached hydrogens (tertiary/aromatic N) is 2. The molecular weight excluding hydrogens is 271 g/mol. The Labute approximate surface area is 122 Å². The first-order valence-electron chi connectivity index (χ1n) is 7.22. The van der Waals surface area contributed by atoms with Gasteiger partial charge in [0.15, 0.2) is 0 Å². The molecule has 1 heterocycles. The third kappa shape index (κ3) is 2.82. The van der Waals surface area contributed by atoms with E-state index >= 15 is 0 Å². The number of aromatic carboxylic acids is 1. The summed E-state index contributed by atoms with van der Waals surface area (Å²) < 4.78 is 15.7. The predicted octanol–water partition coefficient (Wildman–Crippen LogP) is 3.89. The topological polar surface area (TPSA) is 55.1 Å². The van der Waals surface area contributed by atoms with Crippen molar-refractivity contribution >= 4 is 5.97 Å². The minimum absolute atomic E-state index is 0.307. The smallest absolute Gasteiger partial charge is 0.338 e. The highest BCUT2D eigenvalue weighted by atomic mass is 19.1. The summed E-state index contributed by atoms with van der Waals surface area (Å²) in [5.74, 6) is -1.97. The molecule has 0 saturated heterocycles. The van der Waals surface area contributed by atoms with Gasteiger partial charge in [-0.05, 0) is 30.5 Å². The van der Waals surface area contributed by atoms with Gasteiger partial charge in [-0.15, -0.1) is 0 Å². The summed E-state index contributed by atoms with van der Waals surface area (Å²) in [6.07, 6.45) is 9.63. The lowest BCUT2D eigenvalue weighted by molar-refractivity contribution is 0.0692. The summed E-state index contributed by atoms with van der Waals surface area (Å²) in [5, 5.41) is 13.2. The van der Waals surface area contributed by atoms with Gasteiger partial charge in [0, 0.05) is 11.8 Å². The Balaban J connectivity index is 1.85. The van der Waals surface area contributed by atoms with Crippen molar-refractivity contribution in [3.05, 3.63) is 42.0 Å². The molecule has 4 nitrogen and oxygen atoms in total. The van der Waals surface area contributed by atoms with Crippen molar-refractivity contribution in [2.75, 3.05) is 0 Å². The summed E-state index contributed by atoms with van der Waals surface area (Å²) in [5.41, 5.74) is 1.16. The lowest BCUT2D eigenvalue weighted by Crippen LogP contribution is -2.12. The van der Waals surface area contributed by atoms with Gasteiger partial charge in [-0.3, -0.25) is 4.68 Å². The Morgan fingerprint density at radius 1 is 1.24 bits per heavy atom. The number of aromatic nitrogens is 2. The van der Waals surface area contributed by atoms with E-state index in [0.717, 1.165) is 18.4 Å². The van der Waals surface area contributed by atoms with Crippen molar-refractivity contribution in [3.63, 3.8) is 0 Å². The molecule has 2 aromatic rings. The van der Waals surface area contributed by atoms with Crippen LogP contribution in [0.3, 0.4) is 0 Å². The maximum Gasteiger partial charge on any atom is 0.338 e. The van der Waals surface area contributed by atoms with Crippen LogP contribution in [-0.4, -0.2) is 20.9 Å². The number of hydrogen-bond donors (Lipinski definition) is 1. The molecule has 1 aromatic carbocycles. The van der Waals surface area contributed by atoms with E-state index in [1.165, 1.54) is 31.4 Å². The van der Waals surface area contributed by atoms with E-state index in [9.17, 15) is 9.18 Å². The normalized spacial score (nSPS) is 16.0. The molecule has 1 N–H and O–H groups in total. The third-order valence-corrected chi connectivity index (χ3v) is 4.08. The molecule has 0 unspecified atom stereocenters. The maximum absolute atomic E-state index is 13.7. The fourth-order valence-corrected chi connectivity index (χ4v) is 2.90. The second-order valence-electron chi connectivity index (χ2n) is 5.50. The van der Waals surface area contributed by atoms with Crippen LogP contribution in [0, 0.1) is 5.82 Å². The number of rotatable bonds is 3. The molecule has 0 spiro atoms. The fourth-order valence-electron chi connectivity index (χ4n) is 2.90. The Kier molecular flexibility index (Phi) is 3.73. The molecule has 1 aromatic heterocycles. The van der Waals surface area contributed by atoms with Crippen LogP contribution in [0.4, 0.5) is 4.39 Å². The van der Waals surface area contributed by atoms with Crippen molar-refractivity contribution in [1.29, 1.82) is 0 Å². The highest BCUT2D eigenvalue weighted by Crippen LogP contribution is 2.29. The van der Waals surface area contributed by atoms with Crippen LogP contribution < -0.4 is 0 Å². The van der Waals surface area contributed by atoms with Gasteiger partial charge in [0.25, 0.3) is 0 Å². The first-order valence-corrected chi connectivity index (χ1v) is 7.22. The van der Waals surface area contributed by atoms with Crippen molar-refractivity contribution in [1.82, 2.24) is 9.78 Å². The molecule has 21 heavy (non-hydrogen) atoms. The van der Waals surface area contributed by atoms with E-state index in [1.54, 1.807) is 12.3 Å². The molecule has 0 bridgehead atoms. The van der Waals surface area contributed by atoms with Gasteiger partial charge in [-0.1, -0.05) is 25.3 Å². The minimum atomic E-state index is -1.25. The predicted molar refractivity (Wildman–Crippen MR) is 76.7 cm³/mol. The maximum atomic E-state index is 13.7. The number of benzene rings is 1. The van der Waals surface area contributed by atoms with Gasteiger partial charge in [-0.25, -0.2) is 9.18 Å². The van der Waals surface area contributed by atoms with E-state index in [1.807, 2.05) is 10.9 Å². The van der Waals surface area contributed by atoms with Crippen LogP contribution in [0.2, 0.25) is 0 Å². The van der Waals surface area contributed by atoms with Crippen LogP contribution in [0.5, 0.6) is 0 Å². The molecule has 0 atom stereocenters.